The van der Waals surface area contributed by atoms with Gasteiger partial charge in [-0.15, -0.1) is 10.2 Å². The number of benzene rings is 1. The van der Waals surface area contributed by atoms with Crippen LogP contribution in [-0.4, -0.2) is 35.4 Å². The van der Waals surface area contributed by atoms with Crippen LogP contribution in [0.5, 0.6) is 0 Å². The minimum atomic E-state index is -0.389. The summed E-state index contributed by atoms with van der Waals surface area (Å²) in [5.41, 5.74) is 1.04. The number of carbonyl (C=O) groups is 1. The van der Waals surface area contributed by atoms with E-state index in [9.17, 15) is 9.18 Å². The Morgan fingerprint density at radius 2 is 1.92 bits per heavy atom. The molecule has 2 aromatic rings. The zero-order valence-corrected chi connectivity index (χ0v) is 13.2. The highest BCUT2D eigenvalue weighted by Gasteiger charge is 2.23. The van der Waals surface area contributed by atoms with Crippen molar-refractivity contribution in [1.82, 2.24) is 10.2 Å². The predicted octanol–water partition coefficient (Wildman–Crippen LogP) is 2.39. The molecule has 0 aliphatic carbocycles. The SMILES string of the molecule is O=C(Nc1ccc(NCCc2ccc(F)cc2)nn1)C1CCCO1. The molecule has 1 fully saturated rings. The van der Waals surface area contributed by atoms with Crippen LogP contribution in [0.1, 0.15) is 18.4 Å². The van der Waals surface area contributed by atoms with Crippen molar-refractivity contribution in [3.63, 3.8) is 0 Å². The number of carbonyl (C=O) groups excluding carboxylic acids is 1. The molecule has 1 aliphatic heterocycles. The monoisotopic (exact) mass is 330 g/mol. The molecule has 2 N–H and O–H groups in total. The molecule has 1 atom stereocenters. The summed E-state index contributed by atoms with van der Waals surface area (Å²) in [5, 5.41) is 13.8. The predicted molar refractivity (Wildman–Crippen MR) is 88.2 cm³/mol. The highest BCUT2D eigenvalue weighted by atomic mass is 19.1. The summed E-state index contributed by atoms with van der Waals surface area (Å²) in [6.45, 7) is 1.28. The first-order chi connectivity index (χ1) is 11.7. The molecular formula is C17H19FN4O2. The Kier molecular flexibility index (Phi) is 5.32. The summed E-state index contributed by atoms with van der Waals surface area (Å²) in [6.07, 6.45) is 2.00. The second-order valence-electron chi connectivity index (χ2n) is 5.60. The molecule has 3 rings (SSSR count). The van der Waals surface area contributed by atoms with Gasteiger partial charge in [0.2, 0.25) is 0 Å². The van der Waals surface area contributed by atoms with Crippen LogP contribution in [-0.2, 0) is 16.0 Å². The lowest BCUT2D eigenvalue weighted by Crippen LogP contribution is -2.27. The molecule has 126 valence electrons. The van der Waals surface area contributed by atoms with Gasteiger partial charge in [0, 0.05) is 13.2 Å². The van der Waals surface area contributed by atoms with Gasteiger partial charge in [-0.1, -0.05) is 12.1 Å². The largest absolute Gasteiger partial charge is 0.368 e. The van der Waals surface area contributed by atoms with E-state index in [1.165, 1.54) is 12.1 Å². The fourth-order valence-electron chi connectivity index (χ4n) is 2.47. The number of nitrogens with zero attached hydrogens (tertiary/aromatic N) is 2. The molecule has 0 radical (unpaired) electrons. The van der Waals surface area contributed by atoms with E-state index in [4.69, 9.17) is 4.74 Å². The quantitative estimate of drug-likeness (QED) is 0.850. The van der Waals surface area contributed by atoms with Crippen LogP contribution < -0.4 is 10.6 Å². The summed E-state index contributed by atoms with van der Waals surface area (Å²) in [4.78, 5) is 11.9. The Bertz CT molecular complexity index is 670. The van der Waals surface area contributed by atoms with Crippen LogP contribution in [0.3, 0.4) is 0 Å². The van der Waals surface area contributed by atoms with Crippen LogP contribution in [0.4, 0.5) is 16.0 Å². The van der Waals surface area contributed by atoms with E-state index in [0.717, 1.165) is 24.8 Å². The lowest BCUT2D eigenvalue weighted by Gasteiger charge is -2.10. The molecule has 24 heavy (non-hydrogen) atoms. The number of nitrogens with one attached hydrogen (secondary N) is 2. The van der Waals surface area contributed by atoms with Gasteiger partial charge in [0.25, 0.3) is 5.91 Å². The highest BCUT2D eigenvalue weighted by Crippen LogP contribution is 2.14. The summed E-state index contributed by atoms with van der Waals surface area (Å²) in [6, 6.07) is 9.85. The van der Waals surface area contributed by atoms with E-state index in [2.05, 4.69) is 20.8 Å². The van der Waals surface area contributed by atoms with Gasteiger partial charge in [-0.05, 0) is 49.1 Å². The molecule has 1 aliphatic rings. The minimum absolute atomic E-state index is 0.182. The van der Waals surface area contributed by atoms with Crippen LogP contribution in [0, 0.1) is 5.82 Å². The van der Waals surface area contributed by atoms with Crippen molar-refractivity contribution in [3.8, 4) is 0 Å². The molecule has 7 heteroatoms. The Hall–Kier alpha value is -2.54. The van der Waals surface area contributed by atoms with Crippen molar-refractivity contribution < 1.29 is 13.9 Å². The maximum absolute atomic E-state index is 12.8. The maximum atomic E-state index is 12.8. The van der Waals surface area contributed by atoms with Gasteiger partial charge in [-0.2, -0.15) is 0 Å². The number of halogens is 1. The third kappa shape index (κ3) is 4.48. The van der Waals surface area contributed by atoms with Gasteiger partial charge in [0.1, 0.15) is 17.7 Å². The van der Waals surface area contributed by atoms with Gasteiger partial charge in [0.15, 0.2) is 5.82 Å². The van der Waals surface area contributed by atoms with Gasteiger partial charge in [-0.25, -0.2) is 4.39 Å². The van der Waals surface area contributed by atoms with E-state index < -0.39 is 0 Å². The molecule has 1 aromatic heterocycles. The smallest absolute Gasteiger partial charge is 0.254 e. The zero-order chi connectivity index (χ0) is 16.8. The Balaban J connectivity index is 1.45. The second-order valence-corrected chi connectivity index (χ2v) is 5.60. The standard InChI is InChI=1S/C17H19FN4O2/c18-13-5-3-12(4-6-13)9-10-19-15-7-8-16(22-21-15)20-17(23)14-2-1-11-24-14/h3-8,14H,1-2,9-11H2,(H,19,21)(H,20,22,23). The molecule has 1 amide bonds. The van der Waals surface area contributed by atoms with Crippen LogP contribution >= 0.6 is 0 Å². The van der Waals surface area contributed by atoms with Gasteiger partial charge in [-0.3, -0.25) is 4.79 Å². The topological polar surface area (TPSA) is 76.1 Å². The Morgan fingerprint density at radius 1 is 1.17 bits per heavy atom. The summed E-state index contributed by atoms with van der Waals surface area (Å²) >= 11 is 0. The fourth-order valence-corrected chi connectivity index (χ4v) is 2.47. The first-order valence-corrected chi connectivity index (χ1v) is 7.95. The van der Waals surface area contributed by atoms with E-state index in [-0.39, 0.29) is 17.8 Å². The third-order valence-corrected chi connectivity index (χ3v) is 3.77. The fraction of sp³-hybridized carbons (Fsp3) is 0.353. The van der Waals surface area contributed by atoms with E-state index in [1.807, 2.05) is 0 Å². The Morgan fingerprint density at radius 3 is 2.58 bits per heavy atom. The van der Waals surface area contributed by atoms with Crippen LogP contribution in [0.15, 0.2) is 36.4 Å². The lowest BCUT2D eigenvalue weighted by atomic mass is 10.1. The first-order valence-electron chi connectivity index (χ1n) is 7.95. The third-order valence-electron chi connectivity index (χ3n) is 3.77. The first kappa shape index (κ1) is 16.3. The average Bonchev–Trinajstić information content (AvgIpc) is 3.13. The van der Waals surface area contributed by atoms with E-state index in [0.29, 0.717) is 24.8 Å². The number of anilines is 2. The van der Waals surface area contributed by atoms with Gasteiger partial charge < -0.3 is 15.4 Å². The molecule has 1 unspecified atom stereocenters. The molecular weight excluding hydrogens is 311 g/mol. The molecule has 1 aromatic carbocycles. The van der Waals surface area contributed by atoms with E-state index >= 15 is 0 Å². The molecule has 2 heterocycles. The lowest BCUT2D eigenvalue weighted by molar-refractivity contribution is -0.124. The average molecular weight is 330 g/mol. The molecule has 6 nitrogen and oxygen atoms in total. The molecule has 1 saturated heterocycles. The Labute approximate surface area is 139 Å². The van der Waals surface area contributed by atoms with Crippen molar-refractivity contribution in [2.45, 2.75) is 25.4 Å². The van der Waals surface area contributed by atoms with Gasteiger partial charge in [0.05, 0.1) is 0 Å². The number of amides is 1. The van der Waals surface area contributed by atoms with Crippen LogP contribution in [0.25, 0.3) is 0 Å². The number of aromatic nitrogens is 2. The zero-order valence-electron chi connectivity index (χ0n) is 13.2. The second kappa shape index (κ2) is 7.83. The minimum Gasteiger partial charge on any atom is -0.368 e. The summed E-state index contributed by atoms with van der Waals surface area (Å²) in [7, 11) is 0. The van der Waals surface area contributed by atoms with Crippen molar-refractivity contribution in [2.75, 3.05) is 23.8 Å². The van der Waals surface area contributed by atoms with Crippen molar-refractivity contribution in [2.24, 2.45) is 0 Å². The van der Waals surface area contributed by atoms with Gasteiger partial charge >= 0.3 is 0 Å². The van der Waals surface area contributed by atoms with E-state index in [1.54, 1.807) is 24.3 Å². The van der Waals surface area contributed by atoms with Crippen LogP contribution in [0.2, 0.25) is 0 Å². The summed E-state index contributed by atoms with van der Waals surface area (Å²) < 4.78 is 18.1. The normalized spacial score (nSPS) is 16.8. The number of ether oxygens (including phenoxy) is 1. The van der Waals surface area contributed by atoms with Crippen molar-refractivity contribution in [3.05, 3.63) is 47.8 Å². The number of hydrogen-bond donors (Lipinski definition) is 2. The maximum Gasteiger partial charge on any atom is 0.254 e. The molecule has 0 bridgehead atoms. The molecule has 0 saturated carbocycles. The van der Waals surface area contributed by atoms with Crippen molar-refractivity contribution >= 4 is 17.5 Å². The summed E-state index contributed by atoms with van der Waals surface area (Å²) in [5.74, 6) is 0.601. The highest BCUT2D eigenvalue weighted by molar-refractivity contribution is 5.93. The number of rotatable bonds is 6. The molecule has 0 spiro atoms. The van der Waals surface area contributed by atoms with Crippen molar-refractivity contribution in [1.29, 1.82) is 0 Å². The number of hydrogen-bond acceptors (Lipinski definition) is 5.